The van der Waals surface area contributed by atoms with Crippen LogP contribution in [0.25, 0.3) is 22.3 Å². The highest BCUT2D eigenvalue weighted by atomic mass is 19.1. The quantitative estimate of drug-likeness (QED) is 0.588. The Morgan fingerprint density at radius 1 is 1.00 bits per heavy atom. The van der Waals surface area contributed by atoms with E-state index in [1.54, 1.807) is 12.1 Å². The number of rotatable bonds is 2. The van der Waals surface area contributed by atoms with Gasteiger partial charge in [0.2, 0.25) is 0 Å². The van der Waals surface area contributed by atoms with Crippen LogP contribution in [-0.4, -0.2) is 14.1 Å². The van der Waals surface area contributed by atoms with Gasteiger partial charge in [-0.25, -0.2) is 4.39 Å². The van der Waals surface area contributed by atoms with Crippen molar-refractivity contribution in [3.05, 3.63) is 67.0 Å². The number of fused-ring (bicyclic) bond motifs is 1. The average Bonchev–Trinajstić information content (AvgIpc) is 2.91. The molecule has 114 valence electrons. The van der Waals surface area contributed by atoms with Gasteiger partial charge in [0.05, 0.1) is 0 Å². The summed E-state index contributed by atoms with van der Waals surface area (Å²) in [6.07, 6.45) is 0. The van der Waals surface area contributed by atoms with E-state index in [1.165, 1.54) is 17.7 Å². The standard InChI is InChI=1S/C17H16FNO.C2H4/c1-11-8-13-9-16(12-4-6-14(18)7-5-12)20-17(13)10-15(11)19(2)3;1-2/h4-10H,1-3H3;1-2H2. The summed E-state index contributed by atoms with van der Waals surface area (Å²) in [6.45, 7) is 8.08. The van der Waals surface area contributed by atoms with Crippen LogP contribution in [-0.2, 0) is 0 Å². The zero-order valence-electron chi connectivity index (χ0n) is 13.2. The minimum absolute atomic E-state index is 0.240. The predicted octanol–water partition coefficient (Wildman–Crippen LogP) is 5.42. The van der Waals surface area contributed by atoms with Crippen LogP contribution in [0.15, 0.2) is 60.0 Å². The van der Waals surface area contributed by atoms with Crippen molar-refractivity contribution in [3.63, 3.8) is 0 Å². The van der Waals surface area contributed by atoms with Crippen molar-refractivity contribution in [3.8, 4) is 11.3 Å². The second-order valence-electron chi connectivity index (χ2n) is 5.19. The minimum Gasteiger partial charge on any atom is -0.456 e. The Balaban J connectivity index is 0.000000847. The molecule has 1 aromatic heterocycles. The highest BCUT2D eigenvalue weighted by Crippen LogP contribution is 2.32. The number of furan rings is 1. The van der Waals surface area contributed by atoms with Gasteiger partial charge in [0.1, 0.15) is 17.2 Å². The molecule has 0 spiro atoms. The molecule has 0 aliphatic rings. The lowest BCUT2D eigenvalue weighted by Crippen LogP contribution is -2.09. The van der Waals surface area contributed by atoms with E-state index < -0.39 is 0 Å². The monoisotopic (exact) mass is 297 g/mol. The van der Waals surface area contributed by atoms with Gasteiger partial charge in [-0.1, -0.05) is 0 Å². The fraction of sp³-hybridized carbons (Fsp3) is 0.158. The largest absolute Gasteiger partial charge is 0.456 e. The molecule has 3 heteroatoms. The van der Waals surface area contributed by atoms with Crippen molar-refractivity contribution in [2.75, 3.05) is 19.0 Å². The van der Waals surface area contributed by atoms with E-state index in [-0.39, 0.29) is 5.82 Å². The molecule has 0 saturated heterocycles. The van der Waals surface area contributed by atoms with E-state index in [1.807, 2.05) is 26.2 Å². The summed E-state index contributed by atoms with van der Waals surface area (Å²) in [4.78, 5) is 2.06. The topological polar surface area (TPSA) is 16.4 Å². The molecule has 0 unspecified atom stereocenters. The first-order valence-electron chi connectivity index (χ1n) is 7.02. The minimum atomic E-state index is -0.240. The molecule has 0 amide bonds. The van der Waals surface area contributed by atoms with E-state index in [2.05, 4.69) is 31.0 Å². The van der Waals surface area contributed by atoms with Crippen LogP contribution < -0.4 is 4.90 Å². The lowest BCUT2D eigenvalue weighted by atomic mass is 10.1. The van der Waals surface area contributed by atoms with E-state index in [0.29, 0.717) is 0 Å². The highest BCUT2D eigenvalue weighted by molar-refractivity contribution is 5.87. The summed E-state index contributed by atoms with van der Waals surface area (Å²) in [5, 5.41) is 1.06. The molecule has 0 atom stereocenters. The Bertz CT molecular complexity index is 772. The lowest BCUT2D eigenvalue weighted by molar-refractivity contribution is 0.623. The number of hydrogen-bond acceptors (Lipinski definition) is 2. The molecule has 0 fully saturated rings. The molecule has 2 nitrogen and oxygen atoms in total. The van der Waals surface area contributed by atoms with Crippen LogP contribution in [0.5, 0.6) is 0 Å². The Morgan fingerprint density at radius 2 is 1.64 bits per heavy atom. The van der Waals surface area contributed by atoms with Gasteiger partial charge in [-0.3, -0.25) is 0 Å². The average molecular weight is 297 g/mol. The molecule has 0 aliphatic carbocycles. The van der Waals surface area contributed by atoms with Crippen molar-refractivity contribution in [2.24, 2.45) is 0 Å². The molecule has 0 N–H and O–H groups in total. The SMILES string of the molecule is C=C.Cc1cc2cc(-c3ccc(F)cc3)oc2cc1N(C)C. The first-order chi connectivity index (χ1) is 10.5. The summed E-state index contributed by atoms with van der Waals surface area (Å²) < 4.78 is 18.9. The number of anilines is 1. The lowest BCUT2D eigenvalue weighted by Gasteiger charge is -2.14. The van der Waals surface area contributed by atoms with Gasteiger partial charge in [-0.05, 0) is 48.9 Å². The zero-order valence-corrected chi connectivity index (χ0v) is 13.2. The van der Waals surface area contributed by atoms with Crippen molar-refractivity contribution >= 4 is 16.7 Å². The van der Waals surface area contributed by atoms with E-state index >= 15 is 0 Å². The van der Waals surface area contributed by atoms with Gasteiger partial charge >= 0.3 is 0 Å². The zero-order chi connectivity index (χ0) is 16.3. The normalized spacial score (nSPS) is 10.2. The molecule has 3 rings (SSSR count). The Labute approximate surface area is 130 Å². The van der Waals surface area contributed by atoms with E-state index in [4.69, 9.17) is 4.42 Å². The van der Waals surface area contributed by atoms with Gasteiger partial charge in [0.25, 0.3) is 0 Å². The number of benzene rings is 2. The van der Waals surface area contributed by atoms with Crippen LogP contribution >= 0.6 is 0 Å². The molecular formula is C19H20FNO. The van der Waals surface area contributed by atoms with Crippen molar-refractivity contribution in [1.82, 2.24) is 0 Å². The Morgan fingerprint density at radius 3 is 2.23 bits per heavy atom. The molecule has 0 saturated carbocycles. The van der Waals surface area contributed by atoms with E-state index in [9.17, 15) is 4.39 Å². The number of halogens is 1. The third-order valence-corrected chi connectivity index (χ3v) is 3.45. The summed E-state index contributed by atoms with van der Waals surface area (Å²) in [5.74, 6) is 0.519. The second kappa shape index (κ2) is 6.48. The number of aryl methyl sites for hydroxylation is 1. The molecule has 1 heterocycles. The summed E-state index contributed by atoms with van der Waals surface area (Å²) in [6, 6.07) is 12.5. The highest BCUT2D eigenvalue weighted by Gasteiger charge is 2.10. The van der Waals surface area contributed by atoms with Crippen molar-refractivity contribution < 1.29 is 8.81 Å². The maximum absolute atomic E-state index is 13.0. The summed E-state index contributed by atoms with van der Waals surface area (Å²) in [7, 11) is 4.02. The van der Waals surface area contributed by atoms with Gasteiger partial charge in [-0.15, -0.1) is 13.2 Å². The fourth-order valence-electron chi connectivity index (χ4n) is 2.43. The van der Waals surface area contributed by atoms with Crippen LogP contribution in [0.1, 0.15) is 5.56 Å². The van der Waals surface area contributed by atoms with Crippen molar-refractivity contribution in [2.45, 2.75) is 6.92 Å². The van der Waals surface area contributed by atoms with Crippen LogP contribution in [0.4, 0.5) is 10.1 Å². The van der Waals surface area contributed by atoms with Gasteiger partial charge in [0, 0.05) is 36.8 Å². The van der Waals surface area contributed by atoms with E-state index in [0.717, 1.165) is 28.0 Å². The smallest absolute Gasteiger partial charge is 0.136 e. The Kier molecular flexibility index (Phi) is 4.66. The summed E-state index contributed by atoms with van der Waals surface area (Å²) in [5.41, 5.74) is 4.07. The third kappa shape index (κ3) is 3.03. The molecular weight excluding hydrogens is 277 g/mol. The molecule has 0 bridgehead atoms. The maximum Gasteiger partial charge on any atom is 0.136 e. The summed E-state index contributed by atoms with van der Waals surface area (Å²) >= 11 is 0. The third-order valence-electron chi connectivity index (χ3n) is 3.45. The maximum atomic E-state index is 13.0. The first kappa shape index (κ1) is 15.8. The molecule has 2 aromatic carbocycles. The van der Waals surface area contributed by atoms with Crippen LogP contribution in [0.3, 0.4) is 0 Å². The van der Waals surface area contributed by atoms with Crippen molar-refractivity contribution in [1.29, 1.82) is 0 Å². The molecule has 3 aromatic rings. The number of hydrogen-bond donors (Lipinski definition) is 0. The molecule has 22 heavy (non-hydrogen) atoms. The predicted molar refractivity (Wildman–Crippen MR) is 91.9 cm³/mol. The Hall–Kier alpha value is -2.55. The van der Waals surface area contributed by atoms with Gasteiger partial charge in [-0.2, -0.15) is 0 Å². The van der Waals surface area contributed by atoms with Crippen LogP contribution in [0, 0.1) is 12.7 Å². The van der Waals surface area contributed by atoms with Crippen LogP contribution in [0.2, 0.25) is 0 Å². The first-order valence-corrected chi connectivity index (χ1v) is 7.02. The van der Waals surface area contributed by atoms with Gasteiger partial charge in [0.15, 0.2) is 0 Å². The molecule has 0 radical (unpaired) electrons. The molecule has 0 aliphatic heterocycles. The fourth-order valence-corrected chi connectivity index (χ4v) is 2.43. The second-order valence-corrected chi connectivity index (χ2v) is 5.19. The van der Waals surface area contributed by atoms with Gasteiger partial charge < -0.3 is 9.32 Å². The number of nitrogens with zero attached hydrogens (tertiary/aromatic N) is 1.